The summed E-state index contributed by atoms with van der Waals surface area (Å²) in [6.07, 6.45) is 0. The predicted molar refractivity (Wildman–Crippen MR) is 118 cm³/mol. The number of carbonyl (C=O) groups excluding carboxylic acids is 2. The zero-order valence-corrected chi connectivity index (χ0v) is 17.0. The Morgan fingerprint density at radius 2 is 1.00 bits per heavy atom. The molecule has 0 aliphatic carbocycles. The number of hydrogen-bond donors (Lipinski definition) is 2. The maximum absolute atomic E-state index is 12.8. The molecule has 0 aromatic heterocycles. The summed E-state index contributed by atoms with van der Waals surface area (Å²) >= 11 is 0. The highest BCUT2D eigenvalue weighted by molar-refractivity contribution is 6.11. The number of amides is 2. The highest BCUT2D eigenvalue weighted by Gasteiger charge is 2.16. The Morgan fingerprint density at radius 3 is 1.40 bits per heavy atom. The van der Waals surface area contributed by atoms with Crippen LogP contribution in [0.4, 0.5) is 11.4 Å². The van der Waals surface area contributed by atoms with Gasteiger partial charge in [-0.15, -0.1) is 0 Å². The van der Waals surface area contributed by atoms with Gasteiger partial charge in [-0.05, 0) is 50.2 Å². The normalized spacial score (nSPS) is 10.2. The molecule has 3 aromatic rings. The molecular weight excluding hydrogens is 380 g/mol. The summed E-state index contributed by atoms with van der Waals surface area (Å²) < 4.78 is 11.1. The second-order valence-electron chi connectivity index (χ2n) is 6.31. The first-order valence-corrected chi connectivity index (χ1v) is 9.79. The zero-order valence-electron chi connectivity index (χ0n) is 17.0. The maximum atomic E-state index is 12.8. The molecule has 2 N–H and O–H groups in total. The Morgan fingerprint density at radius 1 is 0.633 bits per heavy atom. The molecule has 0 heterocycles. The number of carbonyl (C=O) groups is 2. The molecule has 0 bridgehead atoms. The number of para-hydroxylation sites is 4. The number of rotatable bonds is 8. The van der Waals surface area contributed by atoms with Crippen molar-refractivity contribution in [2.75, 3.05) is 23.8 Å². The number of benzene rings is 3. The van der Waals surface area contributed by atoms with Gasteiger partial charge in [0, 0.05) is 0 Å². The van der Waals surface area contributed by atoms with Gasteiger partial charge in [0.25, 0.3) is 11.8 Å². The van der Waals surface area contributed by atoms with Gasteiger partial charge in [0.15, 0.2) is 0 Å². The lowest BCUT2D eigenvalue weighted by atomic mass is 10.1. The van der Waals surface area contributed by atoms with Gasteiger partial charge in [-0.1, -0.05) is 36.4 Å². The molecule has 154 valence electrons. The Hall–Kier alpha value is -3.80. The highest BCUT2D eigenvalue weighted by Crippen LogP contribution is 2.26. The average molecular weight is 404 g/mol. The summed E-state index contributed by atoms with van der Waals surface area (Å²) in [5, 5.41) is 5.71. The standard InChI is InChI=1S/C24H24N2O4/c1-3-29-21-15-9-5-11-17(21)23(27)25-19-13-7-8-14-20(19)26-24(28)18-12-6-10-16-22(18)30-4-2/h5-16H,3-4H2,1-2H3,(H,25,27)(H,26,28). The van der Waals surface area contributed by atoms with Gasteiger partial charge in [-0.3, -0.25) is 9.59 Å². The van der Waals surface area contributed by atoms with Crippen molar-refractivity contribution < 1.29 is 19.1 Å². The molecule has 0 atom stereocenters. The largest absolute Gasteiger partial charge is 0.493 e. The third kappa shape index (κ3) is 4.97. The molecule has 3 rings (SSSR count). The molecule has 6 heteroatoms. The van der Waals surface area contributed by atoms with Crippen molar-refractivity contribution in [3.8, 4) is 11.5 Å². The SMILES string of the molecule is CCOc1ccccc1C(=O)Nc1ccccc1NC(=O)c1ccccc1OCC. The van der Waals surface area contributed by atoms with Gasteiger partial charge in [0.2, 0.25) is 0 Å². The van der Waals surface area contributed by atoms with Crippen molar-refractivity contribution in [2.45, 2.75) is 13.8 Å². The van der Waals surface area contributed by atoms with Crippen LogP contribution in [-0.4, -0.2) is 25.0 Å². The van der Waals surface area contributed by atoms with Crippen LogP contribution in [0.25, 0.3) is 0 Å². The summed E-state index contributed by atoms with van der Waals surface area (Å²) in [6.45, 7) is 4.63. The third-order valence-corrected chi connectivity index (χ3v) is 4.29. The molecule has 0 saturated carbocycles. The predicted octanol–water partition coefficient (Wildman–Crippen LogP) is 4.99. The van der Waals surface area contributed by atoms with Crippen LogP contribution in [0.5, 0.6) is 11.5 Å². The summed E-state index contributed by atoms with van der Waals surface area (Å²) in [7, 11) is 0. The fourth-order valence-corrected chi connectivity index (χ4v) is 2.95. The van der Waals surface area contributed by atoms with Gasteiger partial charge in [0.1, 0.15) is 11.5 Å². The van der Waals surface area contributed by atoms with E-state index in [-0.39, 0.29) is 11.8 Å². The topological polar surface area (TPSA) is 76.7 Å². The van der Waals surface area contributed by atoms with Crippen LogP contribution in [0.1, 0.15) is 34.6 Å². The quantitative estimate of drug-likeness (QED) is 0.555. The number of anilines is 2. The lowest BCUT2D eigenvalue weighted by Gasteiger charge is -2.15. The number of nitrogens with one attached hydrogen (secondary N) is 2. The van der Waals surface area contributed by atoms with E-state index >= 15 is 0 Å². The van der Waals surface area contributed by atoms with E-state index in [0.717, 1.165) is 0 Å². The Labute approximate surface area is 175 Å². The van der Waals surface area contributed by atoms with Crippen molar-refractivity contribution in [2.24, 2.45) is 0 Å². The molecule has 2 amide bonds. The van der Waals surface area contributed by atoms with Crippen molar-refractivity contribution in [1.29, 1.82) is 0 Å². The Bertz CT molecular complexity index is 950. The third-order valence-electron chi connectivity index (χ3n) is 4.29. The van der Waals surface area contributed by atoms with Crippen molar-refractivity contribution in [3.05, 3.63) is 83.9 Å². The van der Waals surface area contributed by atoms with Crippen molar-refractivity contribution in [3.63, 3.8) is 0 Å². The lowest BCUT2D eigenvalue weighted by molar-refractivity contribution is 0.101. The highest BCUT2D eigenvalue weighted by atomic mass is 16.5. The molecule has 0 aliphatic rings. The first-order chi connectivity index (χ1) is 14.6. The summed E-state index contributed by atoms with van der Waals surface area (Å²) in [5.74, 6) is 0.361. The van der Waals surface area contributed by atoms with E-state index in [0.29, 0.717) is 47.2 Å². The van der Waals surface area contributed by atoms with E-state index in [1.165, 1.54) is 0 Å². The van der Waals surface area contributed by atoms with Crippen LogP contribution in [-0.2, 0) is 0 Å². The minimum atomic E-state index is -0.324. The van der Waals surface area contributed by atoms with Gasteiger partial charge in [-0.25, -0.2) is 0 Å². The van der Waals surface area contributed by atoms with E-state index in [4.69, 9.17) is 9.47 Å². The minimum Gasteiger partial charge on any atom is -0.493 e. The summed E-state index contributed by atoms with van der Waals surface area (Å²) in [5.41, 5.74) is 1.80. The second kappa shape index (κ2) is 10.1. The van der Waals surface area contributed by atoms with E-state index in [1.54, 1.807) is 60.7 Å². The van der Waals surface area contributed by atoms with E-state index < -0.39 is 0 Å². The van der Waals surface area contributed by atoms with Crippen LogP contribution >= 0.6 is 0 Å². The maximum Gasteiger partial charge on any atom is 0.259 e. The monoisotopic (exact) mass is 404 g/mol. The van der Waals surface area contributed by atoms with Crippen molar-refractivity contribution in [1.82, 2.24) is 0 Å². The molecule has 0 saturated heterocycles. The summed E-state index contributed by atoms with van der Waals surface area (Å²) in [6, 6.07) is 21.1. The van der Waals surface area contributed by atoms with Gasteiger partial charge in [0.05, 0.1) is 35.7 Å². The molecule has 0 radical (unpaired) electrons. The Kier molecular flexibility index (Phi) is 7.05. The minimum absolute atomic E-state index is 0.324. The van der Waals surface area contributed by atoms with Crippen LogP contribution in [0.15, 0.2) is 72.8 Å². The molecule has 3 aromatic carbocycles. The molecular formula is C24H24N2O4. The molecule has 6 nitrogen and oxygen atoms in total. The van der Waals surface area contributed by atoms with Crippen LogP contribution in [0.3, 0.4) is 0 Å². The first-order valence-electron chi connectivity index (χ1n) is 9.79. The zero-order chi connectivity index (χ0) is 21.3. The van der Waals surface area contributed by atoms with E-state index in [1.807, 2.05) is 26.0 Å². The number of ether oxygens (including phenoxy) is 2. The van der Waals surface area contributed by atoms with E-state index in [2.05, 4.69) is 10.6 Å². The fraction of sp³-hybridized carbons (Fsp3) is 0.167. The molecule has 0 aliphatic heterocycles. The number of hydrogen-bond acceptors (Lipinski definition) is 4. The fourth-order valence-electron chi connectivity index (χ4n) is 2.95. The smallest absolute Gasteiger partial charge is 0.259 e. The van der Waals surface area contributed by atoms with E-state index in [9.17, 15) is 9.59 Å². The van der Waals surface area contributed by atoms with Crippen molar-refractivity contribution >= 4 is 23.2 Å². The molecule has 0 spiro atoms. The average Bonchev–Trinajstić information content (AvgIpc) is 2.76. The van der Waals surface area contributed by atoms with Crippen LogP contribution in [0.2, 0.25) is 0 Å². The first kappa shape index (κ1) is 20.9. The Balaban J connectivity index is 1.82. The lowest BCUT2D eigenvalue weighted by Crippen LogP contribution is -2.18. The van der Waals surface area contributed by atoms with Gasteiger partial charge < -0.3 is 20.1 Å². The molecule has 0 fully saturated rings. The van der Waals surface area contributed by atoms with Crippen LogP contribution in [0, 0.1) is 0 Å². The second-order valence-corrected chi connectivity index (χ2v) is 6.31. The summed E-state index contributed by atoms with van der Waals surface area (Å²) in [4.78, 5) is 25.7. The van der Waals surface area contributed by atoms with Crippen LogP contribution < -0.4 is 20.1 Å². The molecule has 30 heavy (non-hydrogen) atoms. The van der Waals surface area contributed by atoms with Gasteiger partial charge >= 0.3 is 0 Å². The van der Waals surface area contributed by atoms with Gasteiger partial charge in [-0.2, -0.15) is 0 Å². The molecule has 0 unspecified atom stereocenters.